The van der Waals surface area contributed by atoms with E-state index in [1.165, 1.54) is 5.56 Å². The number of likely N-dealkylation sites (tertiary alicyclic amines) is 1. The number of fused-ring (bicyclic) bond motifs is 1. The van der Waals surface area contributed by atoms with Gasteiger partial charge in [-0.1, -0.05) is 17.7 Å². The summed E-state index contributed by atoms with van der Waals surface area (Å²) in [6.07, 6.45) is 1.02. The predicted molar refractivity (Wildman–Crippen MR) is 118 cm³/mol. The van der Waals surface area contributed by atoms with E-state index in [-0.39, 0.29) is 18.3 Å². The molecule has 31 heavy (non-hydrogen) atoms. The summed E-state index contributed by atoms with van der Waals surface area (Å²) in [5.41, 5.74) is 2.95. The summed E-state index contributed by atoms with van der Waals surface area (Å²) >= 11 is 0. The van der Waals surface area contributed by atoms with Gasteiger partial charge < -0.3 is 24.2 Å². The highest BCUT2D eigenvalue weighted by atomic mass is 16.6. The lowest BCUT2D eigenvalue weighted by Gasteiger charge is -2.32. The van der Waals surface area contributed by atoms with Crippen molar-refractivity contribution in [2.24, 2.45) is 5.92 Å². The van der Waals surface area contributed by atoms with Crippen LogP contribution in [0.2, 0.25) is 0 Å². The molecular formula is C25H31NO5. The molecule has 6 nitrogen and oxygen atoms in total. The van der Waals surface area contributed by atoms with Crippen molar-refractivity contribution in [1.82, 2.24) is 4.90 Å². The number of Topliss-reactive ketones (excluding diaryl/α,β-unsaturated/α-hetero) is 1. The van der Waals surface area contributed by atoms with E-state index >= 15 is 0 Å². The fraction of sp³-hybridized carbons (Fsp3) is 0.480. The summed E-state index contributed by atoms with van der Waals surface area (Å²) in [5, 5.41) is 10.4. The van der Waals surface area contributed by atoms with Crippen LogP contribution in [-0.2, 0) is 0 Å². The van der Waals surface area contributed by atoms with Gasteiger partial charge in [0.05, 0.1) is 0 Å². The van der Waals surface area contributed by atoms with Gasteiger partial charge in [-0.2, -0.15) is 0 Å². The number of ether oxygens (including phenoxy) is 3. The van der Waals surface area contributed by atoms with Gasteiger partial charge in [-0.15, -0.1) is 0 Å². The molecule has 2 aliphatic rings. The first-order chi connectivity index (χ1) is 15.0. The third kappa shape index (κ3) is 5.38. The first-order valence-corrected chi connectivity index (χ1v) is 11.0. The molecule has 2 aliphatic heterocycles. The fourth-order valence-electron chi connectivity index (χ4n) is 4.31. The largest absolute Gasteiger partial charge is 0.491 e. The normalized spacial score (nSPS) is 17.9. The van der Waals surface area contributed by atoms with Crippen molar-refractivity contribution < 1.29 is 24.1 Å². The van der Waals surface area contributed by atoms with Crippen LogP contribution < -0.4 is 14.2 Å². The molecule has 2 aromatic rings. The van der Waals surface area contributed by atoms with Crippen LogP contribution in [-0.4, -0.2) is 61.3 Å². The van der Waals surface area contributed by atoms with Gasteiger partial charge in [0, 0.05) is 18.0 Å². The number of ketones is 1. The molecular weight excluding hydrogens is 394 g/mol. The highest BCUT2D eigenvalue weighted by Gasteiger charge is 2.27. The van der Waals surface area contributed by atoms with E-state index in [2.05, 4.69) is 11.0 Å². The number of carbonyl (C=O) groups is 1. The maximum absolute atomic E-state index is 12.9. The molecule has 0 aliphatic carbocycles. The maximum atomic E-state index is 12.9. The predicted octanol–water partition coefficient (Wildman–Crippen LogP) is 3.41. The number of rotatable bonds is 7. The van der Waals surface area contributed by atoms with Gasteiger partial charge in [0.1, 0.15) is 31.7 Å². The van der Waals surface area contributed by atoms with E-state index in [9.17, 15) is 9.90 Å². The summed E-state index contributed by atoms with van der Waals surface area (Å²) < 4.78 is 16.9. The molecule has 1 atom stereocenters. The standard InChI is InChI=1S/C25H31NO5/c1-17-3-5-22(18(2)13-17)31-16-21(27)15-26-9-7-19(8-10-26)25(28)20-4-6-23-24(14-20)30-12-11-29-23/h3-6,13-14,19,21,27H,7-12,15-16H2,1-2H3. The number of carbonyl (C=O) groups excluding carboxylic acids is 1. The third-order valence-corrected chi connectivity index (χ3v) is 6.02. The van der Waals surface area contributed by atoms with Crippen LogP contribution >= 0.6 is 0 Å². The average Bonchev–Trinajstić information content (AvgIpc) is 2.78. The molecule has 0 aromatic heterocycles. The van der Waals surface area contributed by atoms with Gasteiger partial charge in [0.25, 0.3) is 0 Å². The Hall–Kier alpha value is -2.57. The second kappa shape index (κ2) is 9.71. The SMILES string of the molecule is Cc1ccc(OCC(O)CN2CCC(C(=O)c3ccc4c(c3)OCCO4)CC2)c(C)c1. The lowest BCUT2D eigenvalue weighted by Crippen LogP contribution is -2.42. The quantitative estimate of drug-likeness (QED) is 0.686. The van der Waals surface area contributed by atoms with Crippen molar-refractivity contribution in [1.29, 1.82) is 0 Å². The van der Waals surface area contributed by atoms with Crippen LogP contribution in [0.4, 0.5) is 0 Å². The first kappa shape index (κ1) is 21.7. The van der Waals surface area contributed by atoms with Crippen LogP contribution in [0.25, 0.3) is 0 Å². The van der Waals surface area contributed by atoms with Crippen LogP contribution in [0.5, 0.6) is 17.2 Å². The van der Waals surface area contributed by atoms with Gasteiger partial charge in [0.15, 0.2) is 17.3 Å². The molecule has 0 radical (unpaired) electrons. The van der Waals surface area contributed by atoms with Crippen LogP contribution in [0.15, 0.2) is 36.4 Å². The van der Waals surface area contributed by atoms with Gasteiger partial charge in [-0.05, 0) is 69.6 Å². The van der Waals surface area contributed by atoms with E-state index < -0.39 is 6.10 Å². The number of aryl methyl sites for hydroxylation is 2. The van der Waals surface area contributed by atoms with E-state index in [4.69, 9.17) is 14.2 Å². The summed E-state index contributed by atoms with van der Waals surface area (Å²) in [6.45, 7) is 7.52. The Balaban J connectivity index is 1.24. The Bertz CT molecular complexity index is 920. The Labute approximate surface area is 183 Å². The van der Waals surface area contributed by atoms with E-state index in [0.29, 0.717) is 36.8 Å². The van der Waals surface area contributed by atoms with Gasteiger partial charge in [-0.3, -0.25) is 4.79 Å². The molecule has 1 fully saturated rings. The highest BCUT2D eigenvalue weighted by molar-refractivity contribution is 5.98. The van der Waals surface area contributed by atoms with Gasteiger partial charge >= 0.3 is 0 Å². The highest BCUT2D eigenvalue weighted by Crippen LogP contribution is 2.32. The van der Waals surface area contributed by atoms with Crippen molar-refractivity contribution >= 4 is 5.78 Å². The van der Waals surface area contributed by atoms with E-state index in [1.807, 2.05) is 38.1 Å². The lowest BCUT2D eigenvalue weighted by molar-refractivity contribution is 0.0522. The van der Waals surface area contributed by atoms with Crippen molar-refractivity contribution in [3.8, 4) is 17.2 Å². The second-order valence-electron chi connectivity index (χ2n) is 8.53. The minimum absolute atomic E-state index is 0.00223. The van der Waals surface area contributed by atoms with Crippen LogP contribution in [0.1, 0.15) is 34.3 Å². The van der Waals surface area contributed by atoms with Crippen LogP contribution in [0, 0.1) is 19.8 Å². The summed E-state index contributed by atoms with van der Waals surface area (Å²) in [4.78, 5) is 15.2. The molecule has 1 saturated heterocycles. The zero-order valence-electron chi connectivity index (χ0n) is 18.3. The number of β-amino-alcohol motifs (C(OH)–C–C–N with tert-alkyl or cyclic N) is 1. The molecule has 166 valence electrons. The van der Waals surface area contributed by atoms with Crippen LogP contribution in [0.3, 0.4) is 0 Å². The molecule has 0 spiro atoms. The summed E-state index contributed by atoms with van der Waals surface area (Å²) in [5.74, 6) is 2.34. The van der Waals surface area contributed by atoms with Crippen molar-refractivity contribution in [2.45, 2.75) is 32.8 Å². The van der Waals surface area contributed by atoms with Crippen molar-refractivity contribution in [3.05, 3.63) is 53.1 Å². The number of aliphatic hydroxyl groups is 1. The molecule has 4 rings (SSSR count). The summed E-state index contributed by atoms with van der Waals surface area (Å²) in [7, 11) is 0. The zero-order valence-corrected chi connectivity index (χ0v) is 18.3. The Morgan fingerprint density at radius 3 is 2.58 bits per heavy atom. The molecule has 1 N–H and O–H groups in total. The number of nitrogens with zero attached hydrogens (tertiary/aromatic N) is 1. The zero-order chi connectivity index (χ0) is 21.8. The second-order valence-corrected chi connectivity index (χ2v) is 8.53. The number of hydrogen-bond acceptors (Lipinski definition) is 6. The Kier molecular flexibility index (Phi) is 6.78. The molecule has 1 unspecified atom stereocenters. The smallest absolute Gasteiger partial charge is 0.166 e. The molecule has 0 bridgehead atoms. The lowest BCUT2D eigenvalue weighted by atomic mass is 9.88. The minimum Gasteiger partial charge on any atom is -0.491 e. The molecule has 2 aromatic carbocycles. The maximum Gasteiger partial charge on any atom is 0.166 e. The molecule has 2 heterocycles. The Morgan fingerprint density at radius 1 is 1.10 bits per heavy atom. The van der Waals surface area contributed by atoms with Crippen molar-refractivity contribution in [2.75, 3.05) is 39.5 Å². The van der Waals surface area contributed by atoms with Gasteiger partial charge in [-0.25, -0.2) is 0 Å². The number of piperidine rings is 1. The third-order valence-electron chi connectivity index (χ3n) is 6.02. The molecule has 0 amide bonds. The van der Waals surface area contributed by atoms with Gasteiger partial charge in [0.2, 0.25) is 0 Å². The Morgan fingerprint density at radius 2 is 1.84 bits per heavy atom. The number of benzene rings is 2. The number of aliphatic hydroxyl groups excluding tert-OH is 1. The first-order valence-electron chi connectivity index (χ1n) is 11.0. The van der Waals surface area contributed by atoms with E-state index in [1.54, 1.807) is 6.07 Å². The van der Waals surface area contributed by atoms with E-state index in [0.717, 1.165) is 37.2 Å². The van der Waals surface area contributed by atoms with Crippen molar-refractivity contribution in [3.63, 3.8) is 0 Å². The monoisotopic (exact) mass is 425 g/mol. The number of hydrogen-bond donors (Lipinski definition) is 1. The fourth-order valence-corrected chi connectivity index (χ4v) is 4.31. The molecule has 0 saturated carbocycles. The molecule has 6 heteroatoms. The average molecular weight is 426 g/mol. The summed E-state index contributed by atoms with van der Waals surface area (Å²) in [6, 6.07) is 11.5. The topological polar surface area (TPSA) is 68.2 Å². The minimum atomic E-state index is -0.564.